The van der Waals surface area contributed by atoms with Crippen molar-refractivity contribution >= 4 is 35.1 Å². The lowest BCUT2D eigenvalue weighted by atomic mass is 10.3. The van der Waals surface area contributed by atoms with Crippen molar-refractivity contribution < 1.29 is 4.79 Å². The molecular weight excluding hydrogens is 265 g/mol. The number of aromatic nitrogens is 4. The Kier molecular flexibility index (Phi) is 3.26. The molecule has 0 unspecified atom stereocenters. The van der Waals surface area contributed by atoms with E-state index in [0.29, 0.717) is 5.95 Å². The second kappa shape index (κ2) is 4.68. The van der Waals surface area contributed by atoms with Crippen molar-refractivity contribution in [1.29, 1.82) is 0 Å². The molecule has 0 bridgehead atoms. The third kappa shape index (κ3) is 2.54. The fraction of sp³-hybridized carbons (Fsp3) is 0.111. The highest BCUT2D eigenvalue weighted by Crippen LogP contribution is 2.19. The number of nitrogens with zero attached hydrogens (tertiary/aromatic N) is 4. The Hall–Kier alpha value is -1.66. The fourth-order valence-electron chi connectivity index (χ4n) is 1.15. The first-order chi connectivity index (χ1) is 8.08. The molecular formula is C9H7Cl2N5O. The Bertz CT molecular complexity index is 568. The molecule has 0 saturated heterocycles. The van der Waals surface area contributed by atoms with E-state index in [1.807, 2.05) is 0 Å². The summed E-state index contributed by atoms with van der Waals surface area (Å²) in [6, 6.07) is 1.40. The summed E-state index contributed by atoms with van der Waals surface area (Å²) in [5.41, 5.74) is 0.221. The zero-order valence-electron chi connectivity index (χ0n) is 8.69. The predicted molar refractivity (Wildman–Crippen MR) is 63.2 cm³/mol. The summed E-state index contributed by atoms with van der Waals surface area (Å²) in [6.07, 6.45) is 2.63. The fourth-order valence-corrected chi connectivity index (χ4v) is 1.60. The Morgan fingerprint density at radius 3 is 2.76 bits per heavy atom. The molecule has 0 fully saturated rings. The molecule has 88 valence electrons. The minimum absolute atomic E-state index is 0.221. The molecule has 6 nitrogen and oxygen atoms in total. The normalized spacial score (nSPS) is 10.3. The maximum absolute atomic E-state index is 11.8. The first kappa shape index (κ1) is 11.8. The Balaban J connectivity index is 2.23. The molecule has 2 aromatic heterocycles. The lowest BCUT2D eigenvalue weighted by Crippen LogP contribution is -2.16. The van der Waals surface area contributed by atoms with Gasteiger partial charge in [0.1, 0.15) is 11.5 Å². The van der Waals surface area contributed by atoms with Crippen LogP contribution in [0, 0.1) is 0 Å². The van der Waals surface area contributed by atoms with Crippen LogP contribution in [0.5, 0.6) is 0 Å². The van der Waals surface area contributed by atoms with Gasteiger partial charge in [0.25, 0.3) is 5.91 Å². The van der Waals surface area contributed by atoms with E-state index in [4.69, 9.17) is 23.2 Å². The van der Waals surface area contributed by atoms with Gasteiger partial charge in [-0.15, -0.1) is 0 Å². The van der Waals surface area contributed by atoms with Crippen LogP contribution >= 0.6 is 23.2 Å². The molecule has 2 rings (SSSR count). The predicted octanol–water partition coefficient (Wildman–Crippen LogP) is 1.77. The quantitative estimate of drug-likeness (QED) is 0.845. The Morgan fingerprint density at radius 1 is 1.41 bits per heavy atom. The first-order valence-corrected chi connectivity index (χ1v) is 5.30. The number of pyridine rings is 1. The SMILES string of the molecule is Cn1ncnc1NC(=O)c1cnc(Cl)cc1Cl. The van der Waals surface area contributed by atoms with E-state index in [1.54, 1.807) is 7.05 Å². The zero-order valence-corrected chi connectivity index (χ0v) is 10.2. The summed E-state index contributed by atoms with van der Waals surface area (Å²) in [5, 5.41) is 6.82. The molecule has 8 heteroatoms. The molecule has 0 aromatic carbocycles. The highest BCUT2D eigenvalue weighted by atomic mass is 35.5. The molecule has 2 heterocycles. The van der Waals surface area contributed by atoms with Crippen molar-refractivity contribution in [2.24, 2.45) is 7.05 Å². The van der Waals surface area contributed by atoms with Gasteiger partial charge < -0.3 is 0 Å². The smallest absolute Gasteiger partial charge is 0.261 e. The van der Waals surface area contributed by atoms with Gasteiger partial charge >= 0.3 is 0 Å². The Labute approximate surface area is 107 Å². The summed E-state index contributed by atoms with van der Waals surface area (Å²) in [6.45, 7) is 0. The maximum Gasteiger partial charge on any atom is 0.261 e. The van der Waals surface area contributed by atoms with Crippen molar-refractivity contribution in [3.05, 3.63) is 34.3 Å². The molecule has 0 spiro atoms. The van der Waals surface area contributed by atoms with Gasteiger partial charge in [0.15, 0.2) is 0 Å². The van der Waals surface area contributed by atoms with Gasteiger partial charge in [-0.2, -0.15) is 10.1 Å². The Morgan fingerprint density at radius 2 is 2.18 bits per heavy atom. The average Bonchev–Trinajstić information content (AvgIpc) is 2.64. The van der Waals surface area contributed by atoms with Gasteiger partial charge in [0.05, 0.1) is 10.6 Å². The van der Waals surface area contributed by atoms with Crippen molar-refractivity contribution in [3.8, 4) is 0 Å². The summed E-state index contributed by atoms with van der Waals surface area (Å²) < 4.78 is 1.43. The molecule has 0 radical (unpaired) electrons. The van der Waals surface area contributed by atoms with E-state index in [1.165, 1.54) is 23.3 Å². The number of halogens is 2. The monoisotopic (exact) mass is 271 g/mol. The van der Waals surface area contributed by atoms with E-state index < -0.39 is 5.91 Å². The summed E-state index contributed by atoms with van der Waals surface area (Å²) in [4.78, 5) is 19.5. The zero-order chi connectivity index (χ0) is 12.4. The largest absolute Gasteiger partial charge is 0.291 e. The molecule has 0 aliphatic rings. The molecule has 17 heavy (non-hydrogen) atoms. The summed E-state index contributed by atoms with van der Waals surface area (Å²) >= 11 is 11.5. The van der Waals surface area contributed by atoms with Crippen LogP contribution in [0.3, 0.4) is 0 Å². The number of aryl methyl sites for hydroxylation is 1. The highest BCUT2D eigenvalue weighted by molar-refractivity contribution is 6.36. The summed E-state index contributed by atoms with van der Waals surface area (Å²) in [5.74, 6) is -0.101. The standard InChI is InChI=1S/C9H7Cl2N5O/c1-16-9(13-4-14-16)15-8(17)5-3-12-7(11)2-6(5)10/h2-4H,1H3,(H,13,14,15,17). The van der Waals surface area contributed by atoms with E-state index >= 15 is 0 Å². The van der Waals surface area contributed by atoms with E-state index in [-0.39, 0.29) is 15.7 Å². The maximum atomic E-state index is 11.8. The molecule has 1 N–H and O–H groups in total. The number of anilines is 1. The van der Waals surface area contributed by atoms with Crippen molar-refractivity contribution in [2.45, 2.75) is 0 Å². The van der Waals surface area contributed by atoms with Gasteiger partial charge in [-0.25, -0.2) is 9.67 Å². The molecule has 1 amide bonds. The van der Waals surface area contributed by atoms with Crippen molar-refractivity contribution in [2.75, 3.05) is 5.32 Å². The number of amides is 1. The summed E-state index contributed by atoms with van der Waals surface area (Å²) in [7, 11) is 1.66. The number of rotatable bonds is 2. The van der Waals surface area contributed by atoms with Gasteiger partial charge in [0.2, 0.25) is 5.95 Å². The average molecular weight is 272 g/mol. The minimum atomic E-state index is -0.421. The number of carbonyl (C=O) groups is 1. The van der Waals surface area contributed by atoms with Crippen LogP contribution in [0.1, 0.15) is 10.4 Å². The van der Waals surface area contributed by atoms with Crippen LogP contribution in [0.4, 0.5) is 5.95 Å². The van der Waals surface area contributed by atoms with Crippen molar-refractivity contribution in [3.63, 3.8) is 0 Å². The number of nitrogens with one attached hydrogen (secondary N) is 1. The van der Waals surface area contributed by atoms with Crippen LogP contribution in [0.25, 0.3) is 0 Å². The topological polar surface area (TPSA) is 72.7 Å². The number of hydrogen-bond acceptors (Lipinski definition) is 4. The van der Waals surface area contributed by atoms with E-state index in [2.05, 4.69) is 20.4 Å². The lowest BCUT2D eigenvalue weighted by molar-refractivity contribution is 0.102. The van der Waals surface area contributed by atoms with E-state index in [0.717, 1.165) is 0 Å². The third-order valence-corrected chi connectivity index (χ3v) is 2.52. The minimum Gasteiger partial charge on any atom is -0.291 e. The highest BCUT2D eigenvalue weighted by Gasteiger charge is 2.13. The van der Waals surface area contributed by atoms with Gasteiger partial charge in [-0.1, -0.05) is 23.2 Å². The molecule has 0 atom stereocenters. The first-order valence-electron chi connectivity index (χ1n) is 4.54. The molecule has 0 aliphatic heterocycles. The lowest BCUT2D eigenvalue weighted by Gasteiger charge is -2.05. The van der Waals surface area contributed by atoms with Gasteiger partial charge in [-0.3, -0.25) is 10.1 Å². The number of hydrogen-bond donors (Lipinski definition) is 1. The van der Waals surface area contributed by atoms with Gasteiger partial charge in [-0.05, 0) is 6.07 Å². The van der Waals surface area contributed by atoms with Gasteiger partial charge in [0, 0.05) is 13.2 Å². The second-order valence-corrected chi connectivity index (χ2v) is 3.94. The third-order valence-electron chi connectivity index (χ3n) is 2.00. The molecule has 0 saturated carbocycles. The molecule has 0 aliphatic carbocycles. The van der Waals surface area contributed by atoms with Crippen molar-refractivity contribution in [1.82, 2.24) is 19.7 Å². The van der Waals surface area contributed by atoms with Crippen LogP contribution in [-0.4, -0.2) is 25.7 Å². The van der Waals surface area contributed by atoms with Crippen LogP contribution < -0.4 is 5.32 Å². The second-order valence-electron chi connectivity index (χ2n) is 3.15. The van der Waals surface area contributed by atoms with Crippen LogP contribution in [0.15, 0.2) is 18.6 Å². The van der Waals surface area contributed by atoms with Crippen LogP contribution in [0.2, 0.25) is 10.2 Å². The van der Waals surface area contributed by atoms with Crippen LogP contribution in [-0.2, 0) is 7.05 Å². The van der Waals surface area contributed by atoms with E-state index in [9.17, 15) is 4.79 Å². The molecule has 2 aromatic rings. The number of carbonyl (C=O) groups excluding carboxylic acids is 1.